The van der Waals surface area contributed by atoms with E-state index in [9.17, 15) is 31.5 Å². The molecule has 0 spiro atoms. The fourth-order valence-electron chi connectivity index (χ4n) is 1.79. The third-order valence-electron chi connectivity index (χ3n) is 2.99. The molecule has 178 valence electrons. The quantitative estimate of drug-likeness (QED) is 0.241. The Kier molecular flexibility index (Phi) is 13.2. The Bertz CT molecular complexity index is 729. The molecular formula is C16H22F5N3O5S2. The highest BCUT2D eigenvalue weighted by Gasteiger charge is 2.38. The minimum Gasteiger partial charge on any atom is -0.481 e. The first-order chi connectivity index (χ1) is 14.3. The number of nitrogens with one attached hydrogen (secondary N) is 1. The summed E-state index contributed by atoms with van der Waals surface area (Å²) in [6, 6.07) is 0. The predicted molar refractivity (Wildman–Crippen MR) is 105 cm³/mol. The van der Waals surface area contributed by atoms with Gasteiger partial charge in [-0.15, -0.1) is 0 Å². The lowest BCUT2D eigenvalue weighted by Gasteiger charge is -2.04. The van der Waals surface area contributed by atoms with Gasteiger partial charge in [0.25, 0.3) is 12.3 Å². The van der Waals surface area contributed by atoms with Crippen LogP contribution in [0.3, 0.4) is 0 Å². The predicted octanol–water partition coefficient (Wildman–Crippen LogP) is 3.70. The molecule has 1 rings (SSSR count). The number of aromatic nitrogens is 2. The van der Waals surface area contributed by atoms with Gasteiger partial charge in [0, 0.05) is 30.8 Å². The lowest BCUT2D eigenvalue weighted by molar-refractivity contribution is -0.192. The van der Waals surface area contributed by atoms with E-state index in [1.165, 1.54) is 32.5 Å². The molecule has 0 saturated carbocycles. The van der Waals surface area contributed by atoms with E-state index in [1.807, 2.05) is 13.8 Å². The lowest BCUT2D eigenvalue weighted by atomic mass is 10.2. The Morgan fingerprint density at radius 3 is 2.16 bits per heavy atom. The maximum atomic E-state index is 13.0. The molecule has 0 atom stereocenters. The highest BCUT2D eigenvalue weighted by Crippen LogP contribution is 2.23. The van der Waals surface area contributed by atoms with E-state index in [0.29, 0.717) is 24.6 Å². The number of nitrogens with zero attached hydrogens (tertiary/aromatic N) is 2. The molecule has 0 unspecified atom stereocenters. The van der Waals surface area contributed by atoms with E-state index in [4.69, 9.17) is 15.0 Å². The number of carbonyl (C=O) groups excluding carboxylic acids is 1. The molecule has 1 amide bonds. The number of carbonyl (C=O) groups is 3. The third-order valence-corrected chi connectivity index (χ3v) is 5.40. The minimum absolute atomic E-state index is 0.0802. The SMILES string of the molecule is CC(C)Cn1cc(C(=O)NCCSSCCC(=O)O)c(C(F)F)n1.O=C(O)C(F)(F)F. The van der Waals surface area contributed by atoms with Gasteiger partial charge < -0.3 is 15.5 Å². The Hall–Kier alpha value is -2.03. The molecule has 0 aliphatic rings. The summed E-state index contributed by atoms with van der Waals surface area (Å²) in [5.74, 6) is -2.92. The molecule has 15 heteroatoms. The number of carboxylic acids is 2. The number of alkyl halides is 5. The van der Waals surface area contributed by atoms with Gasteiger partial charge in [-0.2, -0.15) is 18.3 Å². The van der Waals surface area contributed by atoms with Crippen molar-refractivity contribution in [2.45, 2.75) is 39.4 Å². The van der Waals surface area contributed by atoms with Crippen LogP contribution < -0.4 is 5.32 Å². The zero-order chi connectivity index (χ0) is 24.2. The fourth-order valence-corrected chi connectivity index (χ4v) is 3.67. The molecule has 0 bridgehead atoms. The van der Waals surface area contributed by atoms with Gasteiger partial charge in [0.2, 0.25) is 0 Å². The van der Waals surface area contributed by atoms with Crippen LogP contribution in [0.1, 0.15) is 42.7 Å². The summed E-state index contributed by atoms with van der Waals surface area (Å²) in [5.41, 5.74) is -0.606. The molecule has 0 radical (unpaired) electrons. The largest absolute Gasteiger partial charge is 0.490 e. The van der Waals surface area contributed by atoms with Crippen molar-refractivity contribution in [3.05, 3.63) is 17.5 Å². The number of hydrogen-bond donors (Lipinski definition) is 3. The van der Waals surface area contributed by atoms with Crippen LogP contribution >= 0.6 is 21.6 Å². The molecule has 31 heavy (non-hydrogen) atoms. The standard InChI is InChI=1S/C14H21F2N3O3S2.C2HF3O2/c1-9(2)7-19-8-10(12(18-19)13(15)16)14(22)17-4-6-24-23-5-3-11(20)21;3-2(4,5)1(6)7/h8-9,13H,3-7H2,1-2H3,(H,17,22)(H,20,21);(H,6,7). The van der Waals surface area contributed by atoms with Crippen molar-refractivity contribution in [2.75, 3.05) is 18.1 Å². The van der Waals surface area contributed by atoms with Crippen molar-refractivity contribution >= 4 is 39.4 Å². The molecule has 8 nitrogen and oxygen atoms in total. The maximum absolute atomic E-state index is 13.0. The van der Waals surface area contributed by atoms with Crippen LogP contribution in [-0.2, 0) is 16.1 Å². The summed E-state index contributed by atoms with van der Waals surface area (Å²) in [4.78, 5) is 31.3. The molecule has 3 N–H and O–H groups in total. The van der Waals surface area contributed by atoms with Crippen LogP contribution in [0.5, 0.6) is 0 Å². The van der Waals surface area contributed by atoms with Gasteiger partial charge in [-0.25, -0.2) is 13.6 Å². The summed E-state index contributed by atoms with van der Waals surface area (Å²) >= 11 is 0. The van der Waals surface area contributed by atoms with Crippen molar-refractivity contribution < 1.29 is 46.5 Å². The normalized spacial score (nSPS) is 11.3. The first-order valence-electron chi connectivity index (χ1n) is 8.65. The minimum atomic E-state index is -5.08. The number of aliphatic carboxylic acids is 2. The molecule has 1 aromatic rings. The Morgan fingerprint density at radius 1 is 1.16 bits per heavy atom. The molecule has 1 heterocycles. The first-order valence-corrected chi connectivity index (χ1v) is 11.1. The molecular weight excluding hydrogens is 473 g/mol. The van der Waals surface area contributed by atoms with E-state index >= 15 is 0 Å². The topological polar surface area (TPSA) is 122 Å². The average molecular weight is 495 g/mol. The first kappa shape index (κ1) is 29.0. The number of halogens is 5. The highest BCUT2D eigenvalue weighted by atomic mass is 33.1. The summed E-state index contributed by atoms with van der Waals surface area (Å²) in [7, 11) is 2.82. The fraction of sp³-hybridized carbons (Fsp3) is 0.625. The monoisotopic (exact) mass is 495 g/mol. The van der Waals surface area contributed by atoms with Gasteiger partial charge in [-0.3, -0.25) is 14.3 Å². The number of amides is 1. The summed E-state index contributed by atoms with van der Waals surface area (Å²) in [5, 5.41) is 22.0. The van der Waals surface area contributed by atoms with E-state index in [-0.39, 0.29) is 17.9 Å². The van der Waals surface area contributed by atoms with E-state index in [2.05, 4.69) is 10.4 Å². The molecule has 0 aliphatic heterocycles. The van der Waals surface area contributed by atoms with Crippen molar-refractivity contribution in [1.29, 1.82) is 0 Å². The summed E-state index contributed by atoms with van der Waals surface area (Å²) in [6.07, 6.45) is -6.46. The highest BCUT2D eigenvalue weighted by molar-refractivity contribution is 8.76. The van der Waals surface area contributed by atoms with E-state index in [0.717, 1.165) is 0 Å². The Labute approximate surface area is 182 Å². The van der Waals surface area contributed by atoms with Crippen LogP contribution in [0.25, 0.3) is 0 Å². The van der Waals surface area contributed by atoms with Gasteiger partial charge in [0.15, 0.2) is 0 Å². The molecule has 0 fully saturated rings. The van der Waals surface area contributed by atoms with Crippen LogP contribution in [0.15, 0.2) is 6.20 Å². The van der Waals surface area contributed by atoms with Crippen molar-refractivity contribution in [3.63, 3.8) is 0 Å². The van der Waals surface area contributed by atoms with Crippen molar-refractivity contribution in [3.8, 4) is 0 Å². The van der Waals surface area contributed by atoms with Gasteiger partial charge in [0.1, 0.15) is 5.69 Å². The van der Waals surface area contributed by atoms with Gasteiger partial charge in [-0.1, -0.05) is 35.4 Å². The van der Waals surface area contributed by atoms with E-state index < -0.39 is 36.1 Å². The van der Waals surface area contributed by atoms with Gasteiger partial charge in [-0.05, 0) is 5.92 Å². The van der Waals surface area contributed by atoms with Crippen LogP contribution in [0.2, 0.25) is 0 Å². The van der Waals surface area contributed by atoms with Crippen molar-refractivity contribution in [2.24, 2.45) is 5.92 Å². The molecule has 0 aliphatic carbocycles. The number of hydrogen-bond acceptors (Lipinski definition) is 6. The third kappa shape index (κ3) is 13.1. The maximum Gasteiger partial charge on any atom is 0.490 e. The summed E-state index contributed by atoms with van der Waals surface area (Å²) < 4.78 is 59.1. The van der Waals surface area contributed by atoms with Gasteiger partial charge >= 0.3 is 18.1 Å². The second-order valence-corrected chi connectivity index (χ2v) is 8.89. The average Bonchev–Trinajstić information content (AvgIpc) is 3.03. The summed E-state index contributed by atoms with van der Waals surface area (Å²) in [6.45, 7) is 4.64. The van der Waals surface area contributed by atoms with Crippen LogP contribution in [0, 0.1) is 5.92 Å². The lowest BCUT2D eigenvalue weighted by Crippen LogP contribution is -2.26. The Morgan fingerprint density at radius 2 is 1.71 bits per heavy atom. The smallest absolute Gasteiger partial charge is 0.481 e. The number of rotatable bonds is 11. The van der Waals surface area contributed by atoms with Crippen molar-refractivity contribution in [1.82, 2.24) is 15.1 Å². The zero-order valence-electron chi connectivity index (χ0n) is 16.5. The Balaban J connectivity index is 0.00000110. The van der Waals surface area contributed by atoms with Gasteiger partial charge in [0.05, 0.1) is 12.0 Å². The van der Waals surface area contributed by atoms with Crippen LogP contribution in [0.4, 0.5) is 22.0 Å². The zero-order valence-corrected chi connectivity index (χ0v) is 18.1. The molecule has 0 aromatic carbocycles. The second kappa shape index (κ2) is 14.1. The number of carboxylic acid groups (broad SMARTS) is 2. The molecule has 1 aromatic heterocycles. The van der Waals surface area contributed by atoms with E-state index in [1.54, 1.807) is 0 Å². The van der Waals surface area contributed by atoms with Crippen LogP contribution in [-0.4, -0.2) is 62.1 Å². The second-order valence-electron chi connectivity index (χ2n) is 6.19. The molecule has 0 saturated heterocycles.